The third kappa shape index (κ3) is 5.10. The van der Waals surface area contributed by atoms with E-state index in [-0.39, 0.29) is 16.7 Å². The quantitative estimate of drug-likeness (QED) is 0.650. The maximum atomic E-state index is 12.4. The molecule has 0 saturated carbocycles. The molecule has 1 amide bonds. The molecule has 1 atom stereocenters. The molecule has 28 heavy (non-hydrogen) atoms. The van der Waals surface area contributed by atoms with Crippen LogP contribution in [0.1, 0.15) is 23.6 Å². The summed E-state index contributed by atoms with van der Waals surface area (Å²) in [5.74, 6) is -0.0682. The lowest BCUT2D eigenvalue weighted by Crippen LogP contribution is -2.30. The molecule has 0 bridgehead atoms. The molecule has 3 rings (SSSR count). The van der Waals surface area contributed by atoms with Crippen LogP contribution >= 0.6 is 11.8 Å². The molecule has 1 heterocycles. The smallest absolute Gasteiger partial charge is 0.271 e. The molecule has 3 aromatic rings. The van der Waals surface area contributed by atoms with E-state index in [1.54, 1.807) is 6.07 Å². The van der Waals surface area contributed by atoms with Gasteiger partial charge in [-0.2, -0.15) is 9.78 Å². The van der Waals surface area contributed by atoms with E-state index in [0.717, 1.165) is 16.7 Å². The van der Waals surface area contributed by atoms with Crippen LogP contribution in [0.3, 0.4) is 0 Å². The molecule has 0 aliphatic heterocycles. The summed E-state index contributed by atoms with van der Waals surface area (Å²) in [6.45, 7) is 6.34. The first kappa shape index (κ1) is 19.9. The van der Waals surface area contributed by atoms with E-state index >= 15 is 0 Å². The fourth-order valence-electron chi connectivity index (χ4n) is 2.72. The Balaban J connectivity index is 1.67. The first-order valence-corrected chi connectivity index (χ1v) is 9.98. The second-order valence-corrected chi connectivity index (χ2v) is 8.09. The molecule has 0 spiro atoms. The number of thioether (sulfide) groups is 1. The summed E-state index contributed by atoms with van der Waals surface area (Å²) in [4.78, 5) is 24.6. The second-order valence-electron chi connectivity index (χ2n) is 6.72. The van der Waals surface area contributed by atoms with Gasteiger partial charge < -0.3 is 5.32 Å². The minimum atomic E-state index is -0.332. The van der Waals surface area contributed by atoms with Crippen molar-refractivity contribution in [2.24, 2.45) is 0 Å². The summed E-state index contributed by atoms with van der Waals surface area (Å²) in [6, 6.07) is 18.8. The van der Waals surface area contributed by atoms with Gasteiger partial charge in [0.2, 0.25) is 5.91 Å². The van der Waals surface area contributed by atoms with Gasteiger partial charge in [0, 0.05) is 12.6 Å². The summed E-state index contributed by atoms with van der Waals surface area (Å²) in [6.07, 6.45) is 0. The van der Waals surface area contributed by atoms with Gasteiger partial charge in [0.1, 0.15) is 5.03 Å². The van der Waals surface area contributed by atoms with Crippen LogP contribution in [0.5, 0.6) is 0 Å². The number of carbonyl (C=O) groups excluding carboxylic acids is 1. The van der Waals surface area contributed by atoms with Crippen molar-refractivity contribution in [1.29, 1.82) is 0 Å². The second kappa shape index (κ2) is 8.89. The number of hydrogen-bond donors (Lipinski definition) is 1. The normalized spacial score (nSPS) is 11.8. The Kier molecular flexibility index (Phi) is 6.31. The highest BCUT2D eigenvalue weighted by Gasteiger charge is 2.16. The molecule has 0 saturated heterocycles. The highest BCUT2D eigenvalue weighted by atomic mass is 32.2. The Morgan fingerprint density at radius 1 is 1.07 bits per heavy atom. The van der Waals surface area contributed by atoms with Gasteiger partial charge in [0.15, 0.2) is 0 Å². The average Bonchev–Trinajstić information content (AvgIpc) is 2.68. The first-order chi connectivity index (χ1) is 13.4. The molecule has 0 fully saturated rings. The monoisotopic (exact) mass is 393 g/mol. The fraction of sp³-hybridized carbons (Fsp3) is 0.227. The van der Waals surface area contributed by atoms with Crippen molar-refractivity contribution < 1.29 is 4.79 Å². The molecule has 0 radical (unpaired) electrons. The Labute approximate surface area is 168 Å². The molecule has 0 aliphatic carbocycles. The zero-order valence-corrected chi connectivity index (χ0v) is 17.0. The van der Waals surface area contributed by atoms with Crippen LogP contribution in [0.15, 0.2) is 70.5 Å². The third-order valence-electron chi connectivity index (χ3n) is 4.27. The highest BCUT2D eigenvalue weighted by Crippen LogP contribution is 2.21. The van der Waals surface area contributed by atoms with Crippen molar-refractivity contribution in [1.82, 2.24) is 15.1 Å². The van der Waals surface area contributed by atoms with E-state index in [2.05, 4.69) is 16.5 Å². The lowest BCUT2D eigenvalue weighted by atomic mass is 10.1. The number of hydrogen-bond acceptors (Lipinski definition) is 4. The van der Waals surface area contributed by atoms with E-state index in [1.165, 1.54) is 22.5 Å². The van der Waals surface area contributed by atoms with Crippen LogP contribution in [0.25, 0.3) is 5.69 Å². The van der Waals surface area contributed by atoms with Gasteiger partial charge in [-0.1, -0.05) is 59.3 Å². The molecule has 144 valence electrons. The van der Waals surface area contributed by atoms with Crippen LogP contribution in [-0.2, 0) is 11.3 Å². The van der Waals surface area contributed by atoms with Crippen LogP contribution in [0.4, 0.5) is 0 Å². The number of aromatic nitrogens is 2. The van der Waals surface area contributed by atoms with Crippen LogP contribution in [0.2, 0.25) is 0 Å². The number of nitrogens with one attached hydrogen (secondary N) is 1. The number of rotatable bonds is 6. The summed E-state index contributed by atoms with van der Waals surface area (Å²) >= 11 is 1.33. The zero-order valence-electron chi connectivity index (χ0n) is 16.2. The van der Waals surface area contributed by atoms with E-state index in [9.17, 15) is 9.59 Å². The Morgan fingerprint density at radius 3 is 2.54 bits per heavy atom. The average molecular weight is 394 g/mol. The number of benzene rings is 2. The van der Waals surface area contributed by atoms with E-state index in [4.69, 9.17) is 0 Å². The fourth-order valence-corrected chi connectivity index (χ4v) is 3.55. The predicted molar refractivity (Wildman–Crippen MR) is 113 cm³/mol. The van der Waals surface area contributed by atoms with Crippen molar-refractivity contribution in [3.8, 4) is 5.69 Å². The molecule has 1 unspecified atom stereocenters. The summed E-state index contributed by atoms with van der Waals surface area (Å²) in [5, 5.41) is 7.66. The van der Waals surface area contributed by atoms with Crippen LogP contribution < -0.4 is 10.9 Å². The Morgan fingerprint density at radius 2 is 1.82 bits per heavy atom. The SMILES string of the molecule is Cc1ccc(-n2nc(SC(C)C(=O)NCc3cccc(C)c3)ccc2=O)cc1. The van der Waals surface area contributed by atoms with Crippen molar-refractivity contribution in [3.63, 3.8) is 0 Å². The number of aryl methyl sites for hydroxylation is 2. The van der Waals surface area contributed by atoms with Crippen molar-refractivity contribution in [2.45, 2.75) is 37.6 Å². The zero-order chi connectivity index (χ0) is 20.1. The van der Waals surface area contributed by atoms with E-state index < -0.39 is 0 Å². The van der Waals surface area contributed by atoms with Gasteiger partial charge >= 0.3 is 0 Å². The number of nitrogens with zero attached hydrogens (tertiary/aromatic N) is 2. The van der Waals surface area contributed by atoms with E-state index in [1.807, 2.05) is 63.2 Å². The lowest BCUT2D eigenvalue weighted by Gasteiger charge is -2.13. The van der Waals surface area contributed by atoms with Crippen molar-refractivity contribution in [2.75, 3.05) is 0 Å². The molecule has 0 aliphatic rings. The Bertz CT molecular complexity index is 1030. The Hall–Kier alpha value is -2.86. The third-order valence-corrected chi connectivity index (χ3v) is 5.30. The minimum Gasteiger partial charge on any atom is -0.351 e. The van der Waals surface area contributed by atoms with Crippen LogP contribution in [0, 0.1) is 13.8 Å². The molecular formula is C22H23N3O2S. The van der Waals surface area contributed by atoms with Crippen molar-refractivity contribution in [3.05, 3.63) is 87.7 Å². The maximum Gasteiger partial charge on any atom is 0.271 e. The summed E-state index contributed by atoms with van der Waals surface area (Å²) < 4.78 is 1.36. The number of carbonyl (C=O) groups is 1. The maximum absolute atomic E-state index is 12.4. The predicted octanol–water partition coefficient (Wildman–Crippen LogP) is 3.65. The minimum absolute atomic E-state index is 0.0682. The first-order valence-electron chi connectivity index (χ1n) is 9.10. The standard InChI is InChI=1S/C22H23N3O2S/c1-15-7-9-19(10-8-15)25-21(26)12-11-20(24-25)28-17(3)22(27)23-14-18-6-4-5-16(2)13-18/h4-13,17H,14H2,1-3H3,(H,23,27). The van der Waals surface area contributed by atoms with Gasteiger partial charge in [-0.05, 0) is 44.5 Å². The molecule has 1 aromatic heterocycles. The van der Waals surface area contributed by atoms with Gasteiger partial charge in [0.25, 0.3) is 5.56 Å². The molecule has 6 heteroatoms. The molecular weight excluding hydrogens is 370 g/mol. The molecule has 1 N–H and O–H groups in total. The summed E-state index contributed by atoms with van der Waals surface area (Å²) in [7, 11) is 0. The van der Waals surface area contributed by atoms with Crippen LogP contribution in [-0.4, -0.2) is 20.9 Å². The highest BCUT2D eigenvalue weighted by molar-refractivity contribution is 8.00. The van der Waals surface area contributed by atoms with Gasteiger partial charge in [-0.15, -0.1) is 0 Å². The number of amides is 1. The summed E-state index contributed by atoms with van der Waals surface area (Å²) in [5.41, 5.74) is 3.84. The lowest BCUT2D eigenvalue weighted by molar-refractivity contribution is -0.120. The topological polar surface area (TPSA) is 64.0 Å². The van der Waals surface area contributed by atoms with Gasteiger partial charge in [-0.25, -0.2) is 0 Å². The van der Waals surface area contributed by atoms with Gasteiger partial charge in [-0.3, -0.25) is 9.59 Å². The molecule has 2 aromatic carbocycles. The van der Waals surface area contributed by atoms with E-state index in [0.29, 0.717) is 17.3 Å². The largest absolute Gasteiger partial charge is 0.351 e. The molecule has 5 nitrogen and oxygen atoms in total. The van der Waals surface area contributed by atoms with Crippen molar-refractivity contribution >= 4 is 17.7 Å². The van der Waals surface area contributed by atoms with Gasteiger partial charge in [0.05, 0.1) is 10.9 Å².